The molecule has 134 valence electrons. The van der Waals surface area contributed by atoms with Gasteiger partial charge in [-0.05, 0) is 31.0 Å². The lowest BCUT2D eigenvalue weighted by Crippen LogP contribution is -2.41. The highest BCUT2D eigenvalue weighted by Crippen LogP contribution is 2.43. The summed E-state index contributed by atoms with van der Waals surface area (Å²) >= 11 is 0. The third kappa shape index (κ3) is 3.05. The number of hydrogen-bond acceptors (Lipinski definition) is 5. The summed E-state index contributed by atoms with van der Waals surface area (Å²) in [6.45, 7) is 4.76. The SMILES string of the molecule is COc1cccc([C@H]2CO[C@]3(C2)CN(Cc2nc[nH]c2C)C[C@H]3O)c1. The second kappa shape index (κ2) is 6.44. The number of hydrogen-bond donors (Lipinski definition) is 2. The summed E-state index contributed by atoms with van der Waals surface area (Å²) in [6.07, 6.45) is 2.08. The quantitative estimate of drug-likeness (QED) is 0.886. The molecule has 2 N–H and O–H groups in total. The molecular formula is C19H25N3O3. The van der Waals surface area contributed by atoms with Crippen molar-refractivity contribution >= 4 is 0 Å². The lowest BCUT2D eigenvalue weighted by atomic mass is 9.87. The Bertz CT molecular complexity index is 747. The molecule has 0 bridgehead atoms. The molecule has 1 aromatic carbocycles. The van der Waals surface area contributed by atoms with E-state index in [1.54, 1.807) is 13.4 Å². The third-order valence-corrected chi connectivity index (χ3v) is 5.57. The van der Waals surface area contributed by atoms with Crippen LogP contribution in [0, 0.1) is 6.92 Å². The Kier molecular flexibility index (Phi) is 4.27. The molecule has 0 radical (unpaired) electrons. The summed E-state index contributed by atoms with van der Waals surface area (Å²) in [6, 6.07) is 8.14. The molecule has 1 spiro atoms. The van der Waals surface area contributed by atoms with Gasteiger partial charge in [-0.25, -0.2) is 4.98 Å². The van der Waals surface area contributed by atoms with Crippen LogP contribution < -0.4 is 4.74 Å². The van der Waals surface area contributed by atoms with Crippen molar-refractivity contribution in [3.63, 3.8) is 0 Å². The molecule has 6 heteroatoms. The maximum atomic E-state index is 10.7. The second-order valence-electron chi connectivity index (χ2n) is 7.21. The number of methoxy groups -OCH3 is 1. The van der Waals surface area contributed by atoms with Crippen LogP contribution in [0.2, 0.25) is 0 Å². The standard InChI is InChI=1S/C19H25N3O3/c1-13-17(21-12-20-13)8-22-9-18(23)19(11-22)7-15(10-25-19)14-4-3-5-16(6-14)24-2/h3-6,12,15,18,23H,7-11H2,1-2H3,(H,20,21)/t15-,18-,19-/m1/s1. The summed E-state index contributed by atoms with van der Waals surface area (Å²) in [5, 5.41) is 10.7. The number of imidazole rings is 1. The molecular weight excluding hydrogens is 318 g/mol. The van der Waals surface area contributed by atoms with Crippen molar-refractivity contribution in [3.05, 3.63) is 47.5 Å². The zero-order chi connectivity index (χ0) is 17.4. The molecule has 2 aliphatic heterocycles. The summed E-state index contributed by atoms with van der Waals surface area (Å²) < 4.78 is 11.5. The van der Waals surface area contributed by atoms with Gasteiger partial charge in [-0.1, -0.05) is 12.1 Å². The summed E-state index contributed by atoms with van der Waals surface area (Å²) in [5.41, 5.74) is 2.85. The molecule has 25 heavy (non-hydrogen) atoms. The van der Waals surface area contributed by atoms with Crippen LogP contribution in [-0.2, 0) is 11.3 Å². The Hall–Kier alpha value is -1.89. The number of aromatic amines is 1. The molecule has 3 atom stereocenters. The number of aromatic nitrogens is 2. The number of aryl methyl sites for hydroxylation is 1. The molecule has 2 fully saturated rings. The van der Waals surface area contributed by atoms with E-state index in [1.807, 2.05) is 19.1 Å². The van der Waals surface area contributed by atoms with E-state index in [2.05, 4.69) is 27.0 Å². The number of nitrogens with one attached hydrogen (secondary N) is 1. The van der Waals surface area contributed by atoms with E-state index < -0.39 is 11.7 Å². The number of likely N-dealkylation sites (tertiary alicyclic amines) is 1. The number of rotatable bonds is 4. The fourth-order valence-corrected chi connectivity index (χ4v) is 4.09. The predicted octanol–water partition coefficient (Wildman–Crippen LogP) is 1.85. The number of aliphatic hydroxyl groups is 1. The van der Waals surface area contributed by atoms with E-state index in [4.69, 9.17) is 9.47 Å². The van der Waals surface area contributed by atoms with Crippen LogP contribution in [0.4, 0.5) is 0 Å². The largest absolute Gasteiger partial charge is 0.497 e. The van der Waals surface area contributed by atoms with Gasteiger partial charge in [0.2, 0.25) is 0 Å². The van der Waals surface area contributed by atoms with Crippen LogP contribution in [0.3, 0.4) is 0 Å². The Labute approximate surface area is 147 Å². The minimum atomic E-state index is -0.474. The number of aliphatic hydroxyl groups excluding tert-OH is 1. The van der Waals surface area contributed by atoms with E-state index in [1.165, 1.54) is 5.56 Å². The van der Waals surface area contributed by atoms with Crippen LogP contribution in [0.25, 0.3) is 0 Å². The first-order valence-electron chi connectivity index (χ1n) is 8.77. The van der Waals surface area contributed by atoms with Crippen molar-refractivity contribution in [1.29, 1.82) is 0 Å². The fourth-order valence-electron chi connectivity index (χ4n) is 4.09. The number of H-pyrrole nitrogens is 1. The summed E-state index contributed by atoms with van der Waals surface area (Å²) in [7, 11) is 1.68. The number of nitrogens with zero attached hydrogens (tertiary/aromatic N) is 2. The normalized spacial score (nSPS) is 29.6. The van der Waals surface area contributed by atoms with Gasteiger partial charge in [0.25, 0.3) is 0 Å². The van der Waals surface area contributed by atoms with Crippen LogP contribution >= 0.6 is 0 Å². The van der Waals surface area contributed by atoms with Gasteiger partial charge in [-0.15, -0.1) is 0 Å². The summed E-state index contributed by atoms with van der Waals surface area (Å²) in [4.78, 5) is 9.72. The topological polar surface area (TPSA) is 70.6 Å². The molecule has 6 nitrogen and oxygen atoms in total. The van der Waals surface area contributed by atoms with Crippen molar-refractivity contribution in [2.45, 2.75) is 37.5 Å². The van der Waals surface area contributed by atoms with Gasteiger partial charge in [-0.3, -0.25) is 4.90 Å². The van der Waals surface area contributed by atoms with Crippen molar-refractivity contribution in [2.75, 3.05) is 26.8 Å². The average molecular weight is 343 g/mol. The van der Waals surface area contributed by atoms with Crippen molar-refractivity contribution in [3.8, 4) is 5.75 Å². The minimum absolute atomic E-state index is 0.289. The van der Waals surface area contributed by atoms with Crippen LogP contribution in [0.1, 0.15) is 29.3 Å². The lowest BCUT2D eigenvalue weighted by molar-refractivity contribution is -0.0594. The highest BCUT2D eigenvalue weighted by molar-refractivity contribution is 5.32. The van der Waals surface area contributed by atoms with Gasteiger partial charge in [0.05, 0.1) is 31.8 Å². The fraction of sp³-hybridized carbons (Fsp3) is 0.526. The van der Waals surface area contributed by atoms with Gasteiger partial charge in [0.15, 0.2) is 0 Å². The molecule has 2 aliphatic rings. The first kappa shape index (κ1) is 16.6. The predicted molar refractivity (Wildman–Crippen MR) is 93.6 cm³/mol. The number of ether oxygens (including phenoxy) is 2. The molecule has 0 aliphatic carbocycles. The molecule has 0 unspecified atom stereocenters. The Morgan fingerprint density at radius 3 is 3.12 bits per heavy atom. The molecule has 2 aromatic rings. The van der Waals surface area contributed by atoms with Crippen LogP contribution in [0.5, 0.6) is 5.75 Å². The van der Waals surface area contributed by atoms with Crippen molar-refractivity contribution in [1.82, 2.24) is 14.9 Å². The highest BCUT2D eigenvalue weighted by Gasteiger charge is 2.52. The second-order valence-corrected chi connectivity index (χ2v) is 7.21. The van der Waals surface area contributed by atoms with Gasteiger partial charge in [0.1, 0.15) is 11.4 Å². The Balaban J connectivity index is 1.46. The molecule has 4 rings (SSSR count). The van der Waals surface area contributed by atoms with E-state index in [-0.39, 0.29) is 5.92 Å². The highest BCUT2D eigenvalue weighted by atomic mass is 16.5. The van der Waals surface area contributed by atoms with E-state index in [0.717, 1.165) is 36.6 Å². The van der Waals surface area contributed by atoms with Gasteiger partial charge >= 0.3 is 0 Å². The van der Waals surface area contributed by atoms with Crippen molar-refractivity contribution in [2.24, 2.45) is 0 Å². The number of β-amino-alcohol motifs (C(OH)–C–C–N with tert-alkyl or cyclic N) is 1. The van der Waals surface area contributed by atoms with Gasteiger partial charge in [0, 0.05) is 31.2 Å². The maximum Gasteiger partial charge on any atom is 0.119 e. The molecule has 1 aromatic heterocycles. The van der Waals surface area contributed by atoms with E-state index >= 15 is 0 Å². The molecule has 3 heterocycles. The van der Waals surface area contributed by atoms with Gasteiger partial charge < -0.3 is 19.6 Å². The first-order valence-corrected chi connectivity index (χ1v) is 8.77. The number of benzene rings is 1. The zero-order valence-corrected chi connectivity index (χ0v) is 14.7. The Morgan fingerprint density at radius 2 is 2.36 bits per heavy atom. The zero-order valence-electron chi connectivity index (χ0n) is 14.7. The van der Waals surface area contributed by atoms with E-state index in [0.29, 0.717) is 13.2 Å². The average Bonchev–Trinajstić information content (AvgIpc) is 3.30. The molecule has 0 saturated carbocycles. The Morgan fingerprint density at radius 1 is 1.48 bits per heavy atom. The third-order valence-electron chi connectivity index (χ3n) is 5.57. The molecule has 2 saturated heterocycles. The van der Waals surface area contributed by atoms with Crippen LogP contribution in [-0.4, -0.2) is 58.5 Å². The van der Waals surface area contributed by atoms with E-state index in [9.17, 15) is 5.11 Å². The van der Waals surface area contributed by atoms with Gasteiger partial charge in [-0.2, -0.15) is 0 Å². The lowest BCUT2D eigenvalue weighted by Gasteiger charge is -2.26. The molecule has 0 amide bonds. The summed E-state index contributed by atoms with van der Waals surface area (Å²) in [5.74, 6) is 1.15. The minimum Gasteiger partial charge on any atom is -0.497 e. The smallest absolute Gasteiger partial charge is 0.119 e. The maximum absolute atomic E-state index is 10.7. The monoisotopic (exact) mass is 343 g/mol. The first-order chi connectivity index (χ1) is 12.1. The van der Waals surface area contributed by atoms with Crippen molar-refractivity contribution < 1.29 is 14.6 Å². The van der Waals surface area contributed by atoms with Crippen LogP contribution in [0.15, 0.2) is 30.6 Å².